The summed E-state index contributed by atoms with van der Waals surface area (Å²) >= 11 is 7.28. The summed E-state index contributed by atoms with van der Waals surface area (Å²) in [7, 11) is 3.12. The molecule has 3 aromatic carbocycles. The lowest BCUT2D eigenvalue weighted by Gasteiger charge is -2.08. The number of rotatable bonds is 8. The second-order valence-electron chi connectivity index (χ2n) is 8.83. The van der Waals surface area contributed by atoms with Gasteiger partial charge in [-0.05, 0) is 73.2 Å². The van der Waals surface area contributed by atoms with Gasteiger partial charge in [0.1, 0.15) is 11.5 Å². The fourth-order valence-electron chi connectivity index (χ4n) is 4.38. The number of amides is 1. The highest BCUT2D eigenvalue weighted by Crippen LogP contribution is 2.31. The molecule has 0 unspecified atom stereocenters. The first kappa shape index (κ1) is 27.2. The van der Waals surface area contributed by atoms with Gasteiger partial charge in [0.25, 0.3) is 11.8 Å². The zero-order chi connectivity index (χ0) is 28.4. The number of esters is 1. The van der Waals surface area contributed by atoms with E-state index < -0.39 is 18.5 Å². The van der Waals surface area contributed by atoms with Crippen LogP contribution in [0.25, 0.3) is 21.1 Å². The van der Waals surface area contributed by atoms with Crippen LogP contribution in [0, 0.1) is 6.92 Å². The van der Waals surface area contributed by atoms with Crippen molar-refractivity contribution in [2.24, 2.45) is 0 Å². The van der Waals surface area contributed by atoms with Gasteiger partial charge in [-0.25, -0.2) is 4.98 Å². The minimum atomic E-state index is -0.618. The Labute approximate surface area is 238 Å². The Balaban J connectivity index is 1.32. The molecule has 0 saturated carbocycles. The maximum atomic E-state index is 13.4. The van der Waals surface area contributed by atoms with Crippen molar-refractivity contribution in [3.8, 4) is 11.5 Å². The molecule has 0 saturated heterocycles. The Morgan fingerprint density at radius 3 is 2.40 bits per heavy atom. The lowest BCUT2D eigenvalue weighted by molar-refractivity contribution is -0.146. The van der Waals surface area contributed by atoms with Crippen LogP contribution in [0.15, 0.2) is 60.7 Å². The minimum Gasteiger partial charge on any atom is -0.497 e. The number of carbonyl (C=O) groups excluding carboxylic acids is 3. The van der Waals surface area contributed by atoms with Crippen molar-refractivity contribution in [2.75, 3.05) is 26.1 Å². The first-order chi connectivity index (χ1) is 19.3. The Hall–Kier alpha value is -4.41. The van der Waals surface area contributed by atoms with Gasteiger partial charge in [0, 0.05) is 21.7 Å². The Morgan fingerprint density at radius 2 is 1.68 bits per heavy atom. The molecule has 0 spiro atoms. The fourth-order valence-corrected chi connectivity index (χ4v) is 5.41. The van der Waals surface area contributed by atoms with Crippen LogP contribution < -0.4 is 14.8 Å². The predicted molar refractivity (Wildman–Crippen MR) is 154 cm³/mol. The highest BCUT2D eigenvalue weighted by Gasteiger charge is 2.23. The van der Waals surface area contributed by atoms with E-state index in [0.717, 1.165) is 4.70 Å². The third kappa shape index (κ3) is 5.49. The van der Waals surface area contributed by atoms with Crippen molar-refractivity contribution in [2.45, 2.75) is 13.3 Å². The fraction of sp³-hybridized carbons (Fsp3) is 0.172. The molecule has 5 aromatic rings. The van der Waals surface area contributed by atoms with Crippen LogP contribution in [0.5, 0.6) is 11.5 Å². The first-order valence-electron chi connectivity index (χ1n) is 12.2. The summed E-state index contributed by atoms with van der Waals surface area (Å²) in [5.74, 6) is -0.138. The molecular formula is C29H24ClN3O6S. The van der Waals surface area contributed by atoms with Crippen molar-refractivity contribution in [3.63, 3.8) is 0 Å². The maximum Gasteiger partial charge on any atom is 0.310 e. The van der Waals surface area contributed by atoms with Crippen molar-refractivity contribution in [1.29, 1.82) is 0 Å². The molecule has 2 heterocycles. The van der Waals surface area contributed by atoms with Crippen molar-refractivity contribution < 1.29 is 28.6 Å². The Kier molecular flexibility index (Phi) is 7.72. The van der Waals surface area contributed by atoms with Crippen molar-refractivity contribution in [3.05, 3.63) is 82.5 Å². The molecular weight excluding hydrogens is 554 g/mol. The largest absolute Gasteiger partial charge is 0.497 e. The number of halogens is 1. The summed E-state index contributed by atoms with van der Waals surface area (Å²) in [6.45, 7) is 1.28. The van der Waals surface area contributed by atoms with Gasteiger partial charge in [-0.1, -0.05) is 22.9 Å². The van der Waals surface area contributed by atoms with E-state index in [1.165, 1.54) is 11.3 Å². The number of benzene rings is 3. The maximum absolute atomic E-state index is 13.4. The van der Waals surface area contributed by atoms with Crippen LogP contribution in [0.1, 0.15) is 21.6 Å². The number of nitrogens with one attached hydrogen (secondary N) is 1. The summed E-state index contributed by atoms with van der Waals surface area (Å²) in [5.41, 5.74) is 2.95. The molecule has 1 amide bonds. The Bertz CT molecular complexity index is 1760. The van der Waals surface area contributed by atoms with Crippen LogP contribution in [-0.2, 0) is 20.7 Å². The van der Waals surface area contributed by atoms with Crippen LogP contribution in [0.2, 0.25) is 5.02 Å². The smallest absolute Gasteiger partial charge is 0.310 e. The second-order valence-corrected chi connectivity index (χ2v) is 10.3. The van der Waals surface area contributed by atoms with E-state index >= 15 is 0 Å². The van der Waals surface area contributed by atoms with E-state index in [9.17, 15) is 14.4 Å². The molecule has 0 aliphatic rings. The number of hydrogen-bond donors (Lipinski definition) is 1. The predicted octanol–water partition coefficient (Wildman–Crippen LogP) is 5.64. The number of methoxy groups -OCH3 is 2. The molecule has 5 rings (SSSR count). The normalized spacial score (nSPS) is 11.0. The highest BCUT2D eigenvalue weighted by molar-refractivity contribution is 7.22. The highest BCUT2D eigenvalue weighted by atomic mass is 35.5. The molecule has 40 heavy (non-hydrogen) atoms. The third-order valence-electron chi connectivity index (χ3n) is 6.36. The van der Waals surface area contributed by atoms with Gasteiger partial charge >= 0.3 is 5.97 Å². The lowest BCUT2D eigenvalue weighted by Crippen LogP contribution is -2.21. The summed E-state index contributed by atoms with van der Waals surface area (Å²) < 4.78 is 18.3. The monoisotopic (exact) mass is 577 g/mol. The van der Waals surface area contributed by atoms with Gasteiger partial charge in [-0.2, -0.15) is 0 Å². The molecule has 1 N–H and O–H groups in total. The van der Waals surface area contributed by atoms with E-state index in [1.54, 1.807) is 80.3 Å². The van der Waals surface area contributed by atoms with E-state index in [-0.39, 0.29) is 12.3 Å². The van der Waals surface area contributed by atoms with E-state index in [2.05, 4.69) is 10.3 Å². The number of carbonyl (C=O) groups is 3. The number of anilines is 1. The Morgan fingerprint density at radius 1 is 0.975 bits per heavy atom. The van der Waals surface area contributed by atoms with Crippen molar-refractivity contribution >= 4 is 67.0 Å². The molecule has 0 fully saturated rings. The standard InChI is InChI=1S/C29H24ClN3O6S/c1-16-21(14-27(35)39-15-26(34)32-29-31-23-10-8-20(38-3)13-25(23)40-29)22-12-19(37-2)9-11-24(22)33(16)28(36)17-4-6-18(30)7-5-17/h4-13H,14-15H2,1-3H3,(H,31,32,34). The zero-order valence-corrected chi connectivity index (χ0v) is 23.4. The molecule has 11 heteroatoms. The quantitative estimate of drug-likeness (QED) is 0.238. The number of ether oxygens (including phenoxy) is 3. The average molecular weight is 578 g/mol. The van der Waals surface area contributed by atoms with Crippen LogP contribution >= 0.6 is 22.9 Å². The lowest BCUT2D eigenvalue weighted by atomic mass is 10.1. The molecule has 0 atom stereocenters. The molecule has 0 aliphatic heterocycles. The summed E-state index contributed by atoms with van der Waals surface area (Å²) in [6, 6.07) is 17.3. The van der Waals surface area contributed by atoms with Gasteiger partial charge in [0.15, 0.2) is 11.7 Å². The van der Waals surface area contributed by atoms with Gasteiger partial charge in [-0.3, -0.25) is 24.3 Å². The molecule has 0 aliphatic carbocycles. The summed E-state index contributed by atoms with van der Waals surface area (Å²) in [4.78, 5) is 43.1. The second kappa shape index (κ2) is 11.4. The SMILES string of the molecule is COc1ccc2nc(NC(=O)COC(=O)Cc3c(C)n(C(=O)c4ccc(Cl)cc4)c4ccc(OC)cc34)sc2c1. The van der Waals surface area contributed by atoms with Gasteiger partial charge < -0.3 is 14.2 Å². The van der Waals surface area contributed by atoms with Gasteiger partial charge in [0.2, 0.25) is 0 Å². The number of aromatic nitrogens is 2. The molecule has 204 valence electrons. The van der Waals surface area contributed by atoms with Crippen LogP contribution in [0.4, 0.5) is 5.13 Å². The minimum absolute atomic E-state index is 0.148. The topological polar surface area (TPSA) is 109 Å². The van der Waals surface area contributed by atoms with E-state index in [0.29, 0.717) is 54.9 Å². The zero-order valence-electron chi connectivity index (χ0n) is 21.8. The van der Waals surface area contributed by atoms with E-state index in [4.69, 9.17) is 25.8 Å². The molecule has 2 aromatic heterocycles. The van der Waals surface area contributed by atoms with Crippen LogP contribution in [0.3, 0.4) is 0 Å². The number of nitrogens with zero attached hydrogens (tertiary/aromatic N) is 2. The van der Waals surface area contributed by atoms with Gasteiger partial charge in [0.05, 0.1) is 36.4 Å². The third-order valence-corrected chi connectivity index (χ3v) is 7.55. The van der Waals surface area contributed by atoms with Gasteiger partial charge in [-0.15, -0.1) is 0 Å². The molecule has 9 nitrogen and oxygen atoms in total. The summed E-state index contributed by atoms with van der Waals surface area (Å²) in [5, 5.41) is 4.24. The summed E-state index contributed by atoms with van der Waals surface area (Å²) in [6.07, 6.45) is -0.148. The number of hydrogen-bond acceptors (Lipinski definition) is 8. The first-order valence-corrected chi connectivity index (χ1v) is 13.3. The molecule has 0 bridgehead atoms. The molecule has 0 radical (unpaired) electrons. The number of thiazole rings is 1. The van der Waals surface area contributed by atoms with E-state index in [1.807, 2.05) is 6.07 Å². The average Bonchev–Trinajstić information content (AvgIpc) is 3.48. The van der Waals surface area contributed by atoms with Crippen molar-refractivity contribution in [1.82, 2.24) is 9.55 Å². The van der Waals surface area contributed by atoms with Crippen LogP contribution in [-0.4, -0.2) is 48.2 Å². The number of fused-ring (bicyclic) bond motifs is 2.